The Bertz CT molecular complexity index is 928. The van der Waals surface area contributed by atoms with Gasteiger partial charge in [0.15, 0.2) is 0 Å². The van der Waals surface area contributed by atoms with E-state index in [4.69, 9.17) is 16.0 Å². The van der Waals surface area contributed by atoms with E-state index in [9.17, 15) is 4.79 Å². The first-order valence-corrected chi connectivity index (χ1v) is 7.47. The lowest BCUT2D eigenvalue weighted by Gasteiger charge is -2.11. The molecule has 5 heteroatoms. The molecule has 116 valence electrons. The largest absolute Gasteiger partial charge is 0.402 e. The predicted molar refractivity (Wildman–Crippen MR) is 94.8 cm³/mol. The van der Waals surface area contributed by atoms with Gasteiger partial charge in [0.1, 0.15) is 5.03 Å². The monoisotopic (exact) mass is 326 g/mol. The molecule has 1 aromatic heterocycles. The SMILES string of the molecule is CN(C)c1ccc(/C=C(\Cl)c2nc3ccccc3c(=O)o2)cc1. The van der Waals surface area contributed by atoms with Gasteiger partial charge in [-0.05, 0) is 35.9 Å². The standard InChI is InChI=1S/C18H15ClN2O2/c1-21(2)13-9-7-12(8-10-13)11-15(19)17-20-16-6-4-3-5-14(16)18(22)23-17/h3-11H,1-2H3/b15-11-. The number of anilines is 1. The van der Waals surface area contributed by atoms with Gasteiger partial charge in [0.05, 0.1) is 10.9 Å². The van der Waals surface area contributed by atoms with Gasteiger partial charge in [0, 0.05) is 19.8 Å². The van der Waals surface area contributed by atoms with E-state index in [0.717, 1.165) is 11.3 Å². The summed E-state index contributed by atoms with van der Waals surface area (Å²) in [6, 6.07) is 14.9. The summed E-state index contributed by atoms with van der Waals surface area (Å²) in [6.45, 7) is 0. The van der Waals surface area contributed by atoms with Gasteiger partial charge in [0.25, 0.3) is 0 Å². The summed E-state index contributed by atoms with van der Waals surface area (Å²) < 4.78 is 5.21. The normalized spacial score (nSPS) is 11.7. The third-order valence-corrected chi connectivity index (χ3v) is 3.71. The van der Waals surface area contributed by atoms with Crippen LogP contribution in [0, 0.1) is 0 Å². The Hall–Kier alpha value is -2.59. The first kappa shape index (κ1) is 15.3. The molecule has 3 aromatic rings. The summed E-state index contributed by atoms with van der Waals surface area (Å²) in [5.41, 5.74) is 2.11. The minimum Gasteiger partial charge on any atom is -0.402 e. The molecule has 0 saturated heterocycles. The molecular weight excluding hydrogens is 312 g/mol. The average Bonchev–Trinajstić information content (AvgIpc) is 2.55. The number of hydrogen-bond donors (Lipinski definition) is 0. The molecule has 0 saturated carbocycles. The second-order valence-corrected chi connectivity index (χ2v) is 5.71. The van der Waals surface area contributed by atoms with Gasteiger partial charge in [-0.3, -0.25) is 0 Å². The second-order valence-electron chi connectivity index (χ2n) is 5.30. The Balaban J connectivity index is 1.99. The second kappa shape index (κ2) is 6.26. The van der Waals surface area contributed by atoms with Crippen LogP contribution in [0.3, 0.4) is 0 Å². The van der Waals surface area contributed by atoms with Gasteiger partial charge in [0.2, 0.25) is 5.89 Å². The van der Waals surface area contributed by atoms with Crippen molar-refractivity contribution in [3.8, 4) is 0 Å². The molecule has 0 aliphatic carbocycles. The van der Waals surface area contributed by atoms with Crippen molar-refractivity contribution in [3.63, 3.8) is 0 Å². The summed E-state index contributed by atoms with van der Waals surface area (Å²) in [5.74, 6) is 0.118. The lowest BCUT2D eigenvalue weighted by atomic mass is 10.2. The molecular formula is C18H15ClN2O2. The van der Waals surface area contributed by atoms with Crippen LogP contribution in [-0.2, 0) is 0 Å². The van der Waals surface area contributed by atoms with Crippen LogP contribution in [0.2, 0.25) is 0 Å². The fraction of sp³-hybridized carbons (Fsp3) is 0.111. The maximum Gasteiger partial charge on any atom is 0.347 e. The molecule has 0 aliphatic heterocycles. The van der Waals surface area contributed by atoms with Crippen molar-refractivity contribution in [1.29, 1.82) is 0 Å². The summed E-state index contributed by atoms with van der Waals surface area (Å²) in [5, 5.41) is 0.724. The highest BCUT2D eigenvalue weighted by Gasteiger charge is 2.09. The van der Waals surface area contributed by atoms with Crippen molar-refractivity contribution >= 4 is 39.3 Å². The van der Waals surface area contributed by atoms with Crippen molar-refractivity contribution in [2.24, 2.45) is 0 Å². The number of hydrogen-bond acceptors (Lipinski definition) is 4. The Morgan fingerprint density at radius 1 is 1.13 bits per heavy atom. The molecule has 0 radical (unpaired) electrons. The Kier molecular flexibility index (Phi) is 4.17. The number of fused-ring (bicyclic) bond motifs is 1. The van der Waals surface area contributed by atoms with E-state index in [2.05, 4.69) is 4.98 Å². The predicted octanol–water partition coefficient (Wildman–Crippen LogP) is 3.99. The lowest BCUT2D eigenvalue weighted by Crippen LogP contribution is -2.07. The van der Waals surface area contributed by atoms with E-state index in [1.807, 2.05) is 49.3 Å². The zero-order valence-electron chi connectivity index (χ0n) is 12.8. The lowest BCUT2D eigenvalue weighted by molar-refractivity contribution is 0.489. The smallest absolute Gasteiger partial charge is 0.347 e. The number of halogens is 1. The summed E-state index contributed by atoms with van der Waals surface area (Å²) in [4.78, 5) is 18.3. The fourth-order valence-corrected chi connectivity index (χ4v) is 2.40. The summed E-state index contributed by atoms with van der Waals surface area (Å²) in [6.07, 6.45) is 1.72. The van der Waals surface area contributed by atoms with Crippen LogP contribution in [0.5, 0.6) is 0 Å². The average molecular weight is 327 g/mol. The molecule has 0 aliphatic rings. The molecule has 0 spiro atoms. The van der Waals surface area contributed by atoms with Crippen LogP contribution < -0.4 is 10.5 Å². The van der Waals surface area contributed by atoms with Crippen molar-refractivity contribution < 1.29 is 4.42 Å². The molecule has 0 amide bonds. The van der Waals surface area contributed by atoms with Crippen molar-refractivity contribution in [1.82, 2.24) is 4.98 Å². The Morgan fingerprint density at radius 2 is 1.83 bits per heavy atom. The minimum absolute atomic E-state index is 0.118. The van der Waals surface area contributed by atoms with Gasteiger partial charge in [-0.1, -0.05) is 35.9 Å². The molecule has 23 heavy (non-hydrogen) atoms. The van der Waals surface area contributed by atoms with Crippen molar-refractivity contribution in [2.45, 2.75) is 0 Å². The van der Waals surface area contributed by atoms with Crippen molar-refractivity contribution in [3.05, 3.63) is 70.4 Å². The van der Waals surface area contributed by atoms with E-state index in [0.29, 0.717) is 10.9 Å². The topological polar surface area (TPSA) is 46.3 Å². The molecule has 0 unspecified atom stereocenters. The van der Waals surface area contributed by atoms with Gasteiger partial charge in [-0.2, -0.15) is 0 Å². The molecule has 4 nitrogen and oxygen atoms in total. The first-order chi connectivity index (χ1) is 11.0. The zero-order chi connectivity index (χ0) is 16.4. The van der Waals surface area contributed by atoms with Gasteiger partial charge in [-0.15, -0.1) is 0 Å². The molecule has 1 heterocycles. The zero-order valence-corrected chi connectivity index (χ0v) is 13.5. The summed E-state index contributed by atoms with van der Waals surface area (Å²) >= 11 is 6.27. The molecule has 0 N–H and O–H groups in total. The van der Waals surface area contributed by atoms with E-state index < -0.39 is 5.63 Å². The van der Waals surface area contributed by atoms with Crippen molar-refractivity contribution in [2.75, 3.05) is 19.0 Å². The van der Waals surface area contributed by atoms with Crippen LogP contribution in [0.15, 0.2) is 57.7 Å². The summed E-state index contributed by atoms with van der Waals surface area (Å²) in [7, 11) is 3.96. The van der Waals surface area contributed by atoms with E-state index in [1.165, 1.54) is 0 Å². The maximum atomic E-state index is 12.0. The van der Waals surface area contributed by atoms with Gasteiger partial charge >= 0.3 is 5.63 Å². The molecule has 2 aromatic carbocycles. The molecule has 0 bridgehead atoms. The number of benzene rings is 2. The number of aromatic nitrogens is 1. The van der Waals surface area contributed by atoms with E-state index >= 15 is 0 Å². The highest BCUT2D eigenvalue weighted by atomic mass is 35.5. The quantitative estimate of drug-likeness (QED) is 0.730. The van der Waals surface area contributed by atoms with E-state index in [1.54, 1.807) is 24.3 Å². The first-order valence-electron chi connectivity index (χ1n) is 7.09. The maximum absolute atomic E-state index is 12.0. The van der Waals surface area contributed by atoms with Crippen LogP contribution in [0.4, 0.5) is 5.69 Å². The van der Waals surface area contributed by atoms with Gasteiger partial charge in [-0.25, -0.2) is 9.78 Å². The fourth-order valence-electron chi connectivity index (χ4n) is 2.20. The van der Waals surface area contributed by atoms with Gasteiger partial charge < -0.3 is 9.32 Å². The third kappa shape index (κ3) is 3.27. The Morgan fingerprint density at radius 3 is 2.52 bits per heavy atom. The number of nitrogens with zero attached hydrogens (tertiary/aromatic N) is 2. The van der Waals surface area contributed by atoms with Crippen LogP contribution >= 0.6 is 11.6 Å². The van der Waals surface area contributed by atoms with Crippen LogP contribution in [0.1, 0.15) is 11.5 Å². The Labute approximate surface area is 138 Å². The molecule has 0 fully saturated rings. The third-order valence-electron chi connectivity index (χ3n) is 3.44. The van der Waals surface area contributed by atoms with Crippen LogP contribution in [0.25, 0.3) is 22.0 Å². The molecule has 0 atom stereocenters. The van der Waals surface area contributed by atoms with E-state index in [-0.39, 0.29) is 10.9 Å². The number of para-hydroxylation sites is 1. The highest BCUT2D eigenvalue weighted by molar-refractivity contribution is 6.50. The molecule has 3 rings (SSSR count). The number of rotatable bonds is 3. The minimum atomic E-state index is -0.444. The van der Waals surface area contributed by atoms with Crippen LogP contribution in [-0.4, -0.2) is 19.1 Å². The highest BCUT2D eigenvalue weighted by Crippen LogP contribution is 2.22.